The monoisotopic (exact) mass is 257 g/mol. The van der Waals surface area contributed by atoms with Gasteiger partial charge in [0.25, 0.3) is 5.91 Å². The van der Waals surface area contributed by atoms with Gasteiger partial charge in [0.2, 0.25) is 0 Å². The predicted molar refractivity (Wildman–Crippen MR) is 67.8 cm³/mol. The molecular weight excluding hydrogens is 241 g/mol. The standard InChI is InChI=1S/C13H17ClFNO/c1-3-9(4-2)8-16-13(17)10-6-5-7-11(15)12(10)14/h5-7,9H,3-4,8H2,1-2H3,(H,16,17). The molecule has 1 aromatic rings. The van der Waals surface area contributed by atoms with Gasteiger partial charge in [-0.15, -0.1) is 0 Å². The maximum atomic E-state index is 13.2. The third-order valence-corrected chi connectivity index (χ3v) is 3.29. The average Bonchev–Trinajstić information content (AvgIpc) is 2.33. The van der Waals surface area contributed by atoms with E-state index in [4.69, 9.17) is 11.6 Å². The van der Waals surface area contributed by atoms with Gasteiger partial charge in [-0.3, -0.25) is 4.79 Å². The molecule has 1 aromatic carbocycles. The molecule has 1 N–H and O–H groups in total. The first-order chi connectivity index (χ1) is 8.10. The number of hydrogen-bond donors (Lipinski definition) is 1. The van der Waals surface area contributed by atoms with E-state index in [2.05, 4.69) is 19.2 Å². The van der Waals surface area contributed by atoms with E-state index in [1.807, 2.05) is 0 Å². The zero-order valence-corrected chi connectivity index (χ0v) is 10.9. The second-order valence-electron chi connectivity index (χ2n) is 3.99. The van der Waals surface area contributed by atoms with Gasteiger partial charge in [-0.25, -0.2) is 4.39 Å². The summed E-state index contributed by atoms with van der Waals surface area (Å²) in [6.07, 6.45) is 2.02. The number of halogens is 2. The zero-order chi connectivity index (χ0) is 12.8. The third kappa shape index (κ3) is 3.70. The molecule has 0 aromatic heterocycles. The van der Waals surface area contributed by atoms with Crippen molar-refractivity contribution in [2.45, 2.75) is 26.7 Å². The quantitative estimate of drug-likeness (QED) is 0.857. The minimum absolute atomic E-state index is 0.116. The zero-order valence-electron chi connectivity index (χ0n) is 10.1. The number of carbonyl (C=O) groups excluding carboxylic acids is 1. The molecule has 0 bridgehead atoms. The van der Waals surface area contributed by atoms with Crippen LogP contribution in [0.5, 0.6) is 0 Å². The van der Waals surface area contributed by atoms with Crippen molar-refractivity contribution in [2.24, 2.45) is 5.92 Å². The van der Waals surface area contributed by atoms with Crippen LogP contribution in [0.1, 0.15) is 37.0 Å². The highest BCUT2D eigenvalue weighted by Crippen LogP contribution is 2.19. The van der Waals surface area contributed by atoms with Gasteiger partial charge in [0.1, 0.15) is 5.82 Å². The SMILES string of the molecule is CCC(CC)CNC(=O)c1cccc(F)c1Cl. The van der Waals surface area contributed by atoms with Crippen LogP contribution < -0.4 is 5.32 Å². The van der Waals surface area contributed by atoms with Crippen molar-refractivity contribution in [2.75, 3.05) is 6.54 Å². The Morgan fingerprint density at radius 1 is 1.41 bits per heavy atom. The maximum absolute atomic E-state index is 13.2. The third-order valence-electron chi connectivity index (χ3n) is 2.90. The van der Waals surface area contributed by atoms with Crippen molar-refractivity contribution in [3.05, 3.63) is 34.6 Å². The molecule has 4 heteroatoms. The summed E-state index contributed by atoms with van der Waals surface area (Å²) in [4.78, 5) is 11.8. The smallest absolute Gasteiger partial charge is 0.252 e. The molecule has 94 valence electrons. The number of carbonyl (C=O) groups is 1. The molecule has 0 aliphatic carbocycles. The number of hydrogen-bond acceptors (Lipinski definition) is 1. The second-order valence-corrected chi connectivity index (χ2v) is 4.37. The van der Waals surface area contributed by atoms with Gasteiger partial charge in [-0.1, -0.05) is 44.4 Å². The number of amides is 1. The normalized spacial score (nSPS) is 10.6. The van der Waals surface area contributed by atoms with E-state index in [-0.39, 0.29) is 16.5 Å². The van der Waals surface area contributed by atoms with Crippen molar-refractivity contribution >= 4 is 17.5 Å². The number of benzene rings is 1. The summed E-state index contributed by atoms with van der Waals surface area (Å²) >= 11 is 5.74. The van der Waals surface area contributed by atoms with E-state index in [0.29, 0.717) is 12.5 Å². The van der Waals surface area contributed by atoms with Crippen LogP contribution in [0, 0.1) is 11.7 Å². The molecule has 0 aliphatic rings. The molecule has 0 saturated carbocycles. The van der Waals surface area contributed by atoms with E-state index in [0.717, 1.165) is 12.8 Å². The Morgan fingerprint density at radius 3 is 2.65 bits per heavy atom. The van der Waals surface area contributed by atoms with Crippen LogP contribution in [0.2, 0.25) is 5.02 Å². The van der Waals surface area contributed by atoms with Gasteiger partial charge >= 0.3 is 0 Å². The number of rotatable bonds is 5. The molecule has 0 spiro atoms. The first-order valence-corrected chi connectivity index (χ1v) is 6.20. The fraction of sp³-hybridized carbons (Fsp3) is 0.462. The lowest BCUT2D eigenvalue weighted by Crippen LogP contribution is -2.29. The summed E-state index contributed by atoms with van der Waals surface area (Å²) < 4.78 is 13.2. The molecule has 0 radical (unpaired) electrons. The van der Waals surface area contributed by atoms with Gasteiger partial charge in [-0.2, -0.15) is 0 Å². The molecule has 0 fully saturated rings. The molecule has 0 atom stereocenters. The molecule has 0 heterocycles. The molecule has 0 saturated heterocycles. The Hall–Kier alpha value is -1.09. The lowest BCUT2D eigenvalue weighted by Gasteiger charge is -2.13. The summed E-state index contributed by atoms with van der Waals surface area (Å²) in [6, 6.07) is 4.24. The van der Waals surface area contributed by atoms with E-state index in [9.17, 15) is 9.18 Å². The fourth-order valence-corrected chi connectivity index (χ4v) is 1.80. The van der Waals surface area contributed by atoms with Crippen LogP contribution in [0.3, 0.4) is 0 Å². The van der Waals surface area contributed by atoms with Crippen LogP contribution in [-0.2, 0) is 0 Å². The second kappa shape index (κ2) is 6.60. The fourth-order valence-electron chi connectivity index (χ4n) is 1.59. The molecule has 0 aliphatic heterocycles. The van der Waals surface area contributed by atoms with E-state index < -0.39 is 5.82 Å². The van der Waals surface area contributed by atoms with Crippen molar-refractivity contribution in [1.82, 2.24) is 5.32 Å². The Bertz CT molecular complexity index is 391. The molecule has 2 nitrogen and oxygen atoms in total. The van der Waals surface area contributed by atoms with Gasteiger partial charge in [0.05, 0.1) is 10.6 Å². The summed E-state index contributed by atoms with van der Waals surface area (Å²) in [5.41, 5.74) is 0.192. The summed E-state index contributed by atoms with van der Waals surface area (Å²) in [5.74, 6) is -0.436. The van der Waals surface area contributed by atoms with Gasteiger partial charge in [0.15, 0.2) is 0 Å². The topological polar surface area (TPSA) is 29.1 Å². The van der Waals surface area contributed by atoms with E-state index in [1.54, 1.807) is 0 Å². The minimum Gasteiger partial charge on any atom is -0.352 e. The van der Waals surface area contributed by atoms with Crippen LogP contribution in [0.15, 0.2) is 18.2 Å². The molecule has 17 heavy (non-hydrogen) atoms. The highest BCUT2D eigenvalue weighted by atomic mass is 35.5. The van der Waals surface area contributed by atoms with E-state index in [1.165, 1.54) is 18.2 Å². The first kappa shape index (κ1) is 14.0. The van der Waals surface area contributed by atoms with Gasteiger partial charge in [-0.05, 0) is 18.1 Å². The predicted octanol–water partition coefficient (Wildman–Crippen LogP) is 3.65. The lowest BCUT2D eigenvalue weighted by atomic mass is 10.0. The van der Waals surface area contributed by atoms with Crippen LogP contribution in [0.25, 0.3) is 0 Å². The van der Waals surface area contributed by atoms with Crippen molar-refractivity contribution in [3.8, 4) is 0 Å². The Kier molecular flexibility index (Phi) is 5.42. The maximum Gasteiger partial charge on any atom is 0.252 e. The number of nitrogens with one attached hydrogen (secondary N) is 1. The molecule has 1 rings (SSSR count). The summed E-state index contributed by atoms with van der Waals surface area (Å²) in [6.45, 7) is 4.75. The average molecular weight is 258 g/mol. The largest absolute Gasteiger partial charge is 0.352 e. The van der Waals surface area contributed by atoms with Crippen LogP contribution >= 0.6 is 11.6 Å². The molecular formula is C13H17ClFNO. The first-order valence-electron chi connectivity index (χ1n) is 5.82. The Morgan fingerprint density at radius 2 is 2.06 bits per heavy atom. The van der Waals surface area contributed by atoms with Gasteiger partial charge < -0.3 is 5.32 Å². The van der Waals surface area contributed by atoms with Crippen LogP contribution in [0.4, 0.5) is 4.39 Å². The van der Waals surface area contributed by atoms with Crippen molar-refractivity contribution < 1.29 is 9.18 Å². The Balaban J connectivity index is 2.67. The highest BCUT2D eigenvalue weighted by Gasteiger charge is 2.14. The lowest BCUT2D eigenvalue weighted by molar-refractivity contribution is 0.0946. The summed E-state index contributed by atoms with van der Waals surface area (Å²) in [7, 11) is 0. The molecule has 0 unspecified atom stereocenters. The van der Waals surface area contributed by atoms with E-state index >= 15 is 0 Å². The summed E-state index contributed by atoms with van der Waals surface area (Å²) in [5, 5.41) is 2.66. The van der Waals surface area contributed by atoms with Crippen molar-refractivity contribution in [1.29, 1.82) is 0 Å². The van der Waals surface area contributed by atoms with Crippen molar-refractivity contribution in [3.63, 3.8) is 0 Å². The Labute approximate surface area is 106 Å². The van der Waals surface area contributed by atoms with Crippen LogP contribution in [-0.4, -0.2) is 12.5 Å². The molecule has 1 amide bonds. The minimum atomic E-state index is -0.568. The van der Waals surface area contributed by atoms with Gasteiger partial charge in [0, 0.05) is 6.54 Å². The highest BCUT2D eigenvalue weighted by molar-refractivity contribution is 6.34.